The molecule has 1 aromatic heterocycles. The maximum absolute atomic E-state index is 13.1. The molecule has 2 aliphatic rings. The van der Waals surface area contributed by atoms with Gasteiger partial charge in [0, 0.05) is 18.2 Å². The van der Waals surface area contributed by atoms with Gasteiger partial charge in [0.15, 0.2) is 0 Å². The number of amides is 1. The summed E-state index contributed by atoms with van der Waals surface area (Å²) in [6, 6.07) is 16.0. The van der Waals surface area contributed by atoms with Crippen molar-refractivity contribution in [2.45, 2.75) is 19.0 Å². The largest absolute Gasteiger partial charge is 0.508 e. The van der Waals surface area contributed by atoms with Crippen LogP contribution in [0.1, 0.15) is 28.4 Å². The Balaban J connectivity index is 1.65. The second-order valence-corrected chi connectivity index (χ2v) is 7.76. The number of ketones is 1. The van der Waals surface area contributed by atoms with E-state index in [1.54, 1.807) is 54.7 Å². The minimum Gasteiger partial charge on any atom is -0.508 e. The summed E-state index contributed by atoms with van der Waals surface area (Å²) in [6.07, 6.45) is 2.32. The Kier molecular flexibility index (Phi) is 4.86. The third kappa shape index (κ3) is 3.37. The first-order chi connectivity index (χ1) is 15.5. The first kappa shape index (κ1) is 19.8. The maximum Gasteiger partial charge on any atom is 0.296 e. The molecule has 1 atom stereocenters. The van der Waals surface area contributed by atoms with Crippen LogP contribution in [0.15, 0.2) is 72.4 Å². The zero-order valence-electron chi connectivity index (χ0n) is 17.1. The monoisotopic (exact) mass is 428 g/mol. The summed E-state index contributed by atoms with van der Waals surface area (Å²) < 4.78 is 5.52. The van der Waals surface area contributed by atoms with Crippen molar-refractivity contribution in [3.05, 3.63) is 94.8 Å². The highest BCUT2D eigenvalue weighted by Crippen LogP contribution is 2.41. The summed E-state index contributed by atoms with van der Waals surface area (Å²) in [5.74, 6) is -1.00. The smallest absolute Gasteiger partial charge is 0.296 e. The van der Waals surface area contributed by atoms with Crippen LogP contribution in [0.25, 0.3) is 5.76 Å². The van der Waals surface area contributed by atoms with Gasteiger partial charge >= 0.3 is 0 Å². The van der Waals surface area contributed by atoms with Gasteiger partial charge in [0.05, 0.1) is 30.5 Å². The summed E-state index contributed by atoms with van der Waals surface area (Å²) in [5.41, 5.74) is 2.48. The second kappa shape index (κ2) is 7.85. The van der Waals surface area contributed by atoms with Gasteiger partial charge in [-0.1, -0.05) is 18.2 Å². The van der Waals surface area contributed by atoms with Gasteiger partial charge in [0.2, 0.25) is 0 Å². The van der Waals surface area contributed by atoms with Gasteiger partial charge in [-0.05, 0) is 53.6 Å². The van der Waals surface area contributed by atoms with Crippen LogP contribution in [0.3, 0.4) is 0 Å². The fourth-order valence-electron chi connectivity index (χ4n) is 4.24. The summed E-state index contributed by atoms with van der Waals surface area (Å²) in [7, 11) is 0. The highest BCUT2D eigenvalue weighted by molar-refractivity contribution is 6.46. The van der Waals surface area contributed by atoms with E-state index in [1.807, 2.05) is 0 Å². The van der Waals surface area contributed by atoms with Crippen molar-refractivity contribution in [1.82, 2.24) is 9.88 Å². The summed E-state index contributed by atoms with van der Waals surface area (Å²) in [6.45, 7) is 0.651. The number of hydrogen-bond acceptors (Lipinski definition) is 6. The van der Waals surface area contributed by atoms with Crippen LogP contribution in [0.2, 0.25) is 0 Å². The van der Waals surface area contributed by atoms with Crippen molar-refractivity contribution in [2.75, 3.05) is 6.61 Å². The predicted octanol–water partition coefficient (Wildman–Crippen LogP) is 3.34. The molecule has 7 nitrogen and oxygen atoms in total. The Labute approximate surface area is 184 Å². The van der Waals surface area contributed by atoms with Gasteiger partial charge in [-0.15, -0.1) is 0 Å². The molecular weight excluding hydrogens is 408 g/mol. The first-order valence-electron chi connectivity index (χ1n) is 10.3. The number of aliphatic hydroxyl groups is 1. The van der Waals surface area contributed by atoms with Crippen LogP contribution in [0.5, 0.6) is 11.5 Å². The van der Waals surface area contributed by atoms with Crippen LogP contribution in [-0.2, 0) is 22.6 Å². The SMILES string of the molecule is O=C1C(=O)N(Cc2ccccn2)C(c2cccc(O)c2)/C1=C(/O)c1ccc2c(c1)CCO2. The Hall–Kier alpha value is -4.13. The van der Waals surface area contributed by atoms with E-state index < -0.39 is 17.7 Å². The average Bonchev–Trinajstić information content (AvgIpc) is 3.37. The van der Waals surface area contributed by atoms with Crippen LogP contribution in [-0.4, -0.2) is 38.4 Å². The highest BCUT2D eigenvalue weighted by atomic mass is 16.5. The molecule has 32 heavy (non-hydrogen) atoms. The number of rotatable bonds is 4. The number of pyridine rings is 1. The number of carbonyl (C=O) groups is 2. The highest BCUT2D eigenvalue weighted by Gasteiger charge is 2.46. The van der Waals surface area contributed by atoms with E-state index in [9.17, 15) is 19.8 Å². The molecule has 0 radical (unpaired) electrons. The lowest BCUT2D eigenvalue weighted by Gasteiger charge is -2.25. The molecule has 1 fully saturated rings. The summed E-state index contributed by atoms with van der Waals surface area (Å²) in [5, 5.41) is 21.2. The number of hydrogen-bond donors (Lipinski definition) is 2. The van der Waals surface area contributed by atoms with Crippen LogP contribution < -0.4 is 4.74 Å². The van der Waals surface area contributed by atoms with E-state index in [-0.39, 0.29) is 23.6 Å². The van der Waals surface area contributed by atoms with Crippen molar-refractivity contribution in [3.8, 4) is 11.5 Å². The van der Waals surface area contributed by atoms with E-state index in [2.05, 4.69) is 4.98 Å². The van der Waals surface area contributed by atoms with Crippen molar-refractivity contribution >= 4 is 17.4 Å². The van der Waals surface area contributed by atoms with Gasteiger partial charge in [-0.2, -0.15) is 0 Å². The number of aromatic nitrogens is 1. The number of phenolic OH excluding ortho intramolecular Hbond substituents is 1. The Morgan fingerprint density at radius 1 is 1.09 bits per heavy atom. The molecule has 1 saturated heterocycles. The third-order valence-corrected chi connectivity index (χ3v) is 5.75. The van der Waals surface area contributed by atoms with Crippen LogP contribution >= 0.6 is 0 Å². The number of carbonyl (C=O) groups excluding carboxylic acids is 2. The number of Topliss-reactive ketones (excluding diaryl/α,β-unsaturated/α-hetero) is 1. The minimum atomic E-state index is -0.867. The predicted molar refractivity (Wildman–Crippen MR) is 116 cm³/mol. The second-order valence-electron chi connectivity index (χ2n) is 7.76. The van der Waals surface area contributed by atoms with E-state index in [0.717, 1.165) is 11.3 Å². The first-order valence-corrected chi connectivity index (χ1v) is 10.3. The number of phenols is 1. The molecule has 2 N–H and O–H groups in total. The molecular formula is C25H20N2O5. The van der Waals surface area contributed by atoms with Gasteiger partial charge in [-0.3, -0.25) is 14.6 Å². The van der Waals surface area contributed by atoms with Crippen LogP contribution in [0.4, 0.5) is 0 Å². The van der Waals surface area contributed by atoms with Gasteiger partial charge in [0.1, 0.15) is 17.3 Å². The lowest BCUT2D eigenvalue weighted by Crippen LogP contribution is -2.29. The molecule has 0 saturated carbocycles. The topological polar surface area (TPSA) is 100.0 Å². The molecule has 0 spiro atoms. The molecule has 3 aromatic rings. The molecule has 1 unspecified atom stereocenters. The number of likely N-dealkylation sites (tertiary alicyclic amines) is 1. The fourth-order valence-corrected chi connectivity index (χ4v) is 4.24. The average molecular weight is 428 g/mol. The third-order valence-electron chi connectivity index (χ3n) is 5.75. The van der Waals surface area contributed by atoms with E-state index in [0.29, 0.717) is 29.8 Å². The van der Waals surface area contributed by atoms with Crippen molar-refractivity contribution in [2.24, 2.45) is 0 Å². The van der Waals surface area contributed by atoms with E-state index in [1.165, 1.54) is 17.0 Å². The Bertz CT molecular complexity index is 1250. The van der Waals surface area contributed by atoms with Crippen LogP contribution in [0, 0.1) is 0 Å². The molecule has 0 aliphatic carbocycles. The number of ether oxygens (including phenoxy) is 1. The van der Waals surface area contributed by atoms with Crippen molar-refractivity contribution in [1.29, 1.82) is 0 Å². The number of aliphatic hydroxyl groups excluding tert-OH is 1. The minimum absolute atomic E-state index is 0.000559. The lowest BCUT2D eigenvalue weighted by molar-refractivity contribution is -0.140. The molecule has 2 aliphatic heterocycles. The van der Waals surface area contributed by atoms with E-state index >= 15 is 0 Å². The number of benzene rings is 2. The fraction of sp³-hybridized carbons (Fsp3) is 0.160. The lowest BCUT2D eigenvalue weighted by atomic mass is 9.94. The summed E-state index contributed by atoms with van der Waals surface area (Å²) in [4.78, 5) is 31.8. The quantitative estimate of drug-likeness (QED) is 0.376. The normalized spacial score (nSPS) is 19.1. The molecule has 2 aromatic carbocycles. The molecule has 7 heteroatoms. The zero-order chi connectivity index (χ0) is 22.2. The number of fused-ring (bicyclic) bond motifs is 1. The Morgan fingerprint density at radius 2 is 1.97 bits per heavy atom. The van der Waals surface area contributed by atoms with Crippen molar-refractivity contribution < 1.29 is 24.5 Å². The molecule has 3 heterocycles. The Morgan fingerprint density at radius 3 is 2.75 bits per heavy atom. The molecule has 1 amide bonds. The molecule has 5 rings (SSSR count). The number of nitrogens with zero attached hydrogens (tertiary/aromatic N) is 2. The number of aromatic hydroxyl groups is 1. The van der Waals surface area contributed by atoms with Crippen molar-refractivity contribution in [3.63, 3.8) is 0 Å². The zero-order valence-corrected chi connectivity index (χ0v) is 17.1. The van der Waals surface area contributed by atoms with Gasteiger partial charge < -0.3 is 19.8 Å². The molecule has 0 bridgehead atoms. The maximum atomic E-state index is 13.1. The van der Waals surface area contributed by atoms with Gasteiger partial charge in [0.25, 0.3) is 11.7 Å². The van der Waals surface area contributed by atoms with E-state index in [4.69, 9.17) is 4.74 Å². The summed E-state index contributed by atoms with van der Waals surface area (Å²) >= 11 is 0. The molecule has 160 valence electrons. The van der Waals surface area contributed by atoms with Gasteiger partial charge in [-0.25, -0.2) is 0 Å². The standard InChI is InChI=1S/C25H20N2O5/c28-19-6-3-4-16(13-19)22-21(23(29)17-7-8-20-15(12-17)9-11-32-20)24(30)25(31)27(22)14-18-5-1-2-10-26-18/h1-8,10,12-13,22,28-29H,9,11,14H2/b23-21-.